The number of rotatable bonds is 3. The number of carboxylic acid groups (broad SMARTS) is 1. The van der Waals surface area contributed by atoms with E-state index < -0.39 is 16.0 Å². The third-order valence-corrected chi connectivity index (χ3v) is 6.56. The molecule has 1 atom stereocenters. The van der Waals surface area contributed by atoms with Crippen LogP contribution in [0, 0.1) is 0 Å². The highest BCUT2D eigenvalue weighted by molar-refractivity contribution is 7.91. The first-order valence-corrected chi connectivity index (χ1v) is 8.08. The van der Waals surface area contributed by atoms with E-state index in [9.17, 15) is 13.2 Å². The molecule has 1 aromatic heterocycles. The van der Waals surface area contributed by atoms with Crippen LogP contribution in [0.3, 0.4) is 0 Å². The van der Waals surface area contributed by atoms with Crippen molar-refractivity contribution in [3.8, 4) is 0 Å². The summed E-state index contributed by atoms with van der Waals surface area (Å²) in [6, 6.07) is 1.23. The van der Waals surface area contributed by atoms with Gasteiger partial charge in [-0.25, -0.2) is 13.2 Å². The van der Waals surface area contributed by atoms with Gasteiger partial charge in [0, 0.05) is 18.0 Å². The minimum absolute atomic E-state index is 0.0147. The zero-order valence-corrected chi connectivity index (χ0v) is 11.6. The Labute approximate surface area is 110 Å². The van der Waals surface area contributed by atoms with Crippen molar-refractivity contribution in [3.63, 3.8) is 0 Å². The zero-order chi connectivity index (χ0) is 13.3. The molecule has 5 nitrogen and oxygen atoms in total. The van der Waals surface area contributed by atoms with Gasteiger partial charge in [0.15, 0.2) is 0 Å². The van der Waals surface area contributed by atoms with Crippen LogP contribution in [0.5, 0.6) is 0 Å². The monoisotopic (exact) mass is 289 g/mol. The van der Waals surface area contributed by atoms with Crippen molar-refractivity contribution in [2.75, 3.05) is 6.54 Å². The fourth-order valence-electron chi connectivity index (χ4n) is 2.11. The highest BCUT2D eigenvalue weighted by atomic mass is 32.2. The fourth-order valence-corrected chi connectivity index (χ4v) is 5.09. The van der Waals surface area contributed by atoms with E-state index in [2.05, 4.69) is 0 Å². The molecule has 0 aromatic carbocycles. The smallest absolute Gasteiger partial charge is 0.336 e. The van der Waals surface area contributed by atoms with Gasteiger partial charge in [0.25, 0.3) is 10.0 Å². The van der Waals surface area contributed by atoms with Gasteiger partial charge < -0.3 is 5.11 Å². The number of piperidine rings is 1. The second-order valence-corrected chi connectivity index (χ2v) is 7.45. The molecule has 1 aromatic rings. The Balaban J connectivity index is 2.31. The van der Waals surface area contributed by atoms with Crippen LogP contribution < -0.4 is 0 Å². The molecule has 1 fully saturated rings. The van der Waals surface area contributed by atoms with Crippen molar-refractivity contribution in [2.45, 2.75) is 36.4 Å². The lowest BCUT2D eigenvalue weighted by atomic mass is 10.1. The van der Waals surface area contributed by atoms with E-state index in [0.717, 1.165) is 30.6 Å². The molecule has 0 saturated carbocycles. The van der Waals surface area contributed by atoms with Gasteiger partial charge >= 0.3 is 5.97 Å². The average Bonchev–Trinajstić information content (AvgIpc) is 2.79. The van der Waals surface area contributed by atoms with Crippen LogP contribution in [-0.2, 0) is 10.0 Å². The minimum Gasteiger partial charge on any atom is -0.478 e. The van der Waals surface area contributed by atoms with E-state index in [1.54, 1.807) is 0 Å². The van der Waals surface area contributed by atoms with E-state index in [0.29, 0.717) is 6.54 Å². The number of hydrogen-bond acceptors (Lipinski definition) is 4. The molecule has 1 saturated heterocycles. The lowest BCUT2D eigenvalue weighted by Gasteiger charge is -2.31. The predicted molar refractivity (Wildman–Crippen MR) is 68.5 cm³/mol. The van der Waals surface area contributed by atoms with E-state index in [-0.39, 0.29) is 15.8 Å². The van der Waals surface area contributed by atoms with Gasteiger partial charge in [-0.05, 0) is 25.8 Å². The third kappa shape index (κ3) is 2.43. The lowest BCUT2D eigenvalue weighted by Crippen LogP contribution is -2.41. The van der Waals surface area contributed by atoms with E-state index in [1.807, 2.05) is 6.92 Å². The number of aromatic carboxylic acids is 1. The summed E-state index contributed by atoms with van der Waals surface area (Å²) in [5, 5.41) is 10.2. The van der Waals surface area contributed by atoms with Gasteiger partial charge in [0.2, 0.25) is 0 Å². The Morgan fingerprint density at radius 1 is 1.50 bits per heavy atom. The van der Waals surface area contributed by atoms with Gasteiger partial charge in [-0.1, -0.05) is 6.42 Å². The minimum atomic E-state index is -3.54. The standard InChI is InChI=1S/C11H15NO4S2/c1-8-4-2-3-5-12(8)18(15,16)10-6-9(7-17-10)11(13)14/h6-8H,2-5H2,1H3,(H,13,14)/t8-/m0/s1. The number of nitrogens with zero attached hydrogens (tertiary/aromatic N) is 1. The molecule has 1 aliphatic rings. The topological polar surface area (TPSA) is 74.7 Å². The molecule has 100 valence electrons. The fraction of sp³-hybridized carbons (Fsp3) is 0.545. The predicted octanol–water partition coefficient (Wildman–Crippen LogP) is 2.01. The van der Waals surface area contributed by atoms with Crippen molar-refractivity contribution < 1.29 is 18.3 Å². The van der Waals surface area contributed by atoms with Gasteiger partial charge in [-0.2, -0.15) is 4.31 Å². The quantitative estimate of drug-likeness (QED) is 0.923. The van der Waals surface area contributed by atoms with Crippen LogP contribution in [0.15, 0.2) is 15.7 Å². The number of thiophene rings is 1. The Bertz CT molecular complexity index is 549. The first kappa shape index (κ1) is 13.5. The van der Waals surface area contributed by atoms with Gasteiger partial charge in [-0.15, -0.1) is 11.3 Å². The molecule has 0 unspecified atom stereocenters. The second-order valence-electron chi connectivity index (χ2n) is 4.42. The van der Waals surface area contributed by atoms with Gasteiger partial charge in [-0.3, -0.25) is 0 Å². The second kappa shape index (κ2) is 4.99. The van der Waals surface area contributed by atoms with Crippen LogP contribution in [0.1, 0.15) is 36.5 Å². The summed E-state index contributed by atoms with van der Waals surface area (Å²) >= 11 is 0.970. The zero-order valence-electron chi connectivity index (χ0n) is 10.00. The molecule has 0 amide bonds. The highest BCUT2D eigenvalue weighted by Gasteiger charge is 2.32. The first-order valence-electron chi connectivity index (χ1n) is 5.76. The molecule has 0 aliphatic carbocycles. The SMILES string of the molecule is C[C@H]1CCCCN1S(=O)(=O)c1cc(C(=O)O)cs1. The van der Waals surface area contributed by atoms with Crippen LogP contribution >= 0.6 is 11.3 Å². The number of sulfonamides is 1. The number of hydrogen-bond donors (Lipinski definition) is 1. The lowest BCUT2D eigenvalue weighted by molar-refractivity contribution is 0.0697. The Hall–Kier alpha value is -0.920. The van der Waals surface area contributed by atoms with E-state index >= 15 is 0 Å². The summed E-state index contributed by atoms with van der Waals surface area (Å²) in [5.74, 6) is -1.10. The number of carboxylic acids is 1. The molecule has 18 heavy (non-hydrogen) atoms. The normalized spacial score (nSPS) is 21.9. The molecular formula is C11H15NO4S2. The molecule has 2 heterocycles. The molecular weight excluding hydrogens is 274 g/mol. The molecule has 1 aliphatic heterocycles. The maximum atomic E-state index is 12.4. The number of carbonyl (C=O) groups is 1. The van der Waals surface area contributed by atoms with Crippen LogP contribution in [0.2, 0.25) is 0 Å². The molecule has 1 N–H and O–H groups in total. The van der Waals surface area contributed by atoms with Gasteiger partial charge in [0.05, 0.1) is 5.56 Å². The van der Waals surface area contributed by atoms with Crippen molar-refractivity contribution in [1.29, 1.82) is 0 Å². The van der Waals surface area contributed by atoms with E-state index in [4.69, 9.17) is 5.11 Å². The Morgan fingerprint density at radius 3 is 2.78 bits per heavy atom. The highest BCUT2D eigenvalue weighted by Crippen LogP contribution is 2.28. The summed E-state index contributed by atoms with van der Waals surface area (Å²) < 4.78 is 26.4. The summed E-state index contributed by atoms with van der Waals surface area (Å²) in [6.45, 7) is 2.41. The largest absolute Gasteiger partial charge is 0.478 e. The maximum absolute atomic E-state index is 12.4. The van der Waals surface area contributed by atoms with Crippen molar-refractivity contribution in [1.82, 2.24) is 4.31 Å². The first-order chi connectivity index (χ1) is 8.43. The summed E-state index contributed by atoms with van der Waals surface area (Å²) in [6.07, 6.45) is 2.76. The Kier molecular flexibility index (Phi) is 3.74. The van der Waals surface area contributed by atoms with Crippen LogP contribution in [0.4, 0.5) is 0 Å². The van der Waals surface area contributed by atoms with Crippen molar-refractivity contribution >= 4 is 27.3 Å². The summed E-state index contributed by atoms with van der Waals surface area (Å²) in [5.41, 5.74) is 0.0308. The van der Waals surface area contributed by atoms with E-state index in [1.165, 1.54) is 15.8 Å². The molecule has 0 spiro atoms. The maximum Gasteiger partial charge on any atom is 0.336 e. The van der Waals surface area contributed by atoms with Gasteiger partial charge in [0.1, 0.15) is 4.21 Å². The third-order valence-electron chi connectivity index (χ3n) is 3.13. The van der Waals surface area contributed by atoms with Crippen LogP contribution in [-0.4, -0.2) is 36.4 Å². The van der Waals surface area contributed by atoms with Crippen LogP contribution in [0.25, 0.3) is 0 Å². The molecule has 0 radical (unpaired) electrons. The summed E-state index contributed by atoms with van der Waals surface area (Å²) in [4.78, 5) is 10.8. The average molecular weight is 289 g/mol. The van der Waals surface area contributed by atoms with Crippen molar-refractivity contribution in [3.05, 3.63) is 17.0 Å². The molecule has 7 heteroatoms. The molecule has 2 rings (SSSR count). The Morgan fingerprint density at radius 2 is 2.22 bits per heavy atom. The summed E-state index contributed by atoms with van der Waals surface area (Å²) in [7, 11) is -3.54. The van der Waals surface area contributed by atoms with Crippen molar-refractivity contribution in [2.24, 2.45) is 0 Å². The molecule has 0 bridgehead atoms.